The summed E-state index contributed by atoms with van der Waals surface area (Å²) in [4.78, 5) is 2.12. The summed E-state index contributed by atoms with van der Waals surface area (Å²) in [6.07, 6.45) is 5.25. The fourth-order valence-corrected chi connectivity index (χ4v) is 1.81. The van der Waals surface area contributed by atoms with Crippen molar-refractivity contribution in [3.8, 4) is 12.3 Å². The van der Waals surface area contributed by atoms with Crippen LogP contribution < -0.4 is 0 Å². The van der Waals surface area contributed by atoms with E-state index in [0.29, 0.717) is 6.54 Å². The second-order valence-electron chi connectivity index (χ2n) is 3.45. The molecule has 0 aliphatic heterocycles. The third-order valence-corrected chi connectivity index (χ3v) is 2.60. The van der Waals surface area contributed by atoms with Gasteiger partial charge in [-0.1, -0.05) is 27.9 Å². The van der Waals surface area contributed by atoms with Crippen molar-refractivity contribution >= 4 is 15.9 Å². The lowest BCUT2D eigenvalue weighted by Crippen LogP contribution is -2.18. The van der Waals surface area contributed by atoms with Gasteiger partial charge < -0.3 is 0 Å². The minimum atomic E-state index is 0.690. The van der Waals surface area contributed by atoms with Crippen LogP contribution in [0.15, 0.2) is 22.7 Å². The Morgan fingerprint density at radius 3 is 2.79 bits per heavy atom. The zero-order valence-electron chi connectivity index (χ0n) is 8.55. The molecule has 1 rings (SSSR count). The summed E-state index contributed by atoms with van der Waals surface area (Å²) in [5, 5.41) is 0. The Balaban J connectivity index is 2.73. The van der Waals surface area contributed by atoms with Crippen LogP contribution in [0.1, 0.15) is 11.1 Å². The molecule has 0 radical (unpaired) electrons. The third-order valence-electron chi connectivity index (χ3n) is 2.11. The first kappa shape index (κ1) is 11.3. The van der Waals surface area contributed by atoms with Crippen molar-refractivity contribution < 1.29 is 0 Å². The van der Waals surface area contributed by atoms with Crippen LogP contribution in [0.2, 0.25) is 0 Å². The second kappa shape index (κ2) is 5.19. The molecule has 0 bridgehead atoms. The standard InChI is InChI=1S/C12H14BrN/c1-4-7-14(3)9-11-5-6-12(13)8-10(11)2/h1,5-6,8H,7,9H2,2-3H3. The van der Waals surface area contributed by atoms with Gasteiger partial charge in [0.05, 0.1) is 6.54 Å². The molecule has 74 valence electrons. The Labute approximate surface area is 94.2 Å². The van der Waals surface area contributed by atoms with Crippen LogP contribution in [-0.4, -0.2) is 18.5 Å². The first-order valence-corrected chi connectivity index (χ1v) is 5.30. The Morgan fingerprint density at radius 2 is 2.21 bits per heavy atom. The van der Waals surface area contributed by atoms with Gasteiger partial charge in [0, 0.05) is 11.0 Å². The van der Waals surface area contributed by atoms with Crippen molar-refractivity contribution in [1.29, 1.82) is 0 Å². The van der Waals surface area contributed by atoms with Crippen molar-refractivity contribution in [2.24, 2.45) is 0 Å². The van der Waals surface area contributed by atoms with E-state index >= 15 is 0 Å². The van der Waals surface area contributed by atoms with Gasteiger partial charge in [-0.05, 0) is 37.2 Å². The van der Waals surface area contributed by atoms with E-state index in [1.54, 1.807) is 0 Å². The third kappa shape index (κ3) is 3.17. The van der Waals surface area contributed by atoms with Gasteiger partial charge in [-0.2, -0.15) is 0 Å². The van der Waals surface area contributed by atoms with Crippen LogP contribution in [0.5, 0.6) is 0 Å². The van der Waals surface area contributed by atoms with Crippen molar-refractivity contribution in [2.75, 3.05) is 13.6 Å². The largest absolute Gasteiger partial charge is 0.291 e. The minimum Gasteiger partial charge on any atom is -0.291 e. The maximum atomic E-state index is 5.25. The van der Waals surface area contributed by atoms with E-state index in [0.717, 1.165) is 11.0 Å². The van der Waals surface area contributed by atoms with E-state index in [2.05, 4.69) is 51.9 Å². The summed E-state index contributed by atoms with van der Waals surface area (Å²) in [6, 6.07) is 6.32. The molecule has 0 spiro atoms. The Morgan fingerprint density at radius 1 is 1.50 bits per heavy atom. The Bertz CT molecular complexity index is 352. The maximum Gasteiger partial charge on any atom is 0.0599 e. The fourth-order valence-electron chi connectivity index (χ4n) is 1.34. The first-order valence-electron chi connectivity index (χ1n) is 4.50. The molecule has 1 aromatic rings. The van der Waals surface area contributed by atoms with Crippen LogP contribution in [0, 0.1) is 19.3 Å². The fraction of sp³-hybridized carbons (Fsp3) is 0.333. The topological polar surface area (TPSA) is 3.24 Å². The SMILES string of the molecule is C#CCN(C)Cc1ccc(Br)cc1C. The summed E-state index contributed by atoms with van der Waals surface area (Å²) < 4.78 is 1.12. The molecule has 0 N–H and O–H groups in total. The molecule has 0 saturated heterocycles. The normalized spacial score (nSPS) is 10.2. The highest BCUT2D eigenvalue weighted by Gasteiger charge is 2.02. The van der Waals surface area contributed by atoms with Gasteiger partial charge >= 0.3 is 0 Å². The first-order chi connectivity index (χ1) is 6.63. The minimum absolute atomic E-state index is 0.690. The molecule has 0 aliphatic carbocycles. The molecule has 0 saturated carbocycles. The summed E-state index contributed by atoms with van der Waals surface area (Å²) in [5.41, 5.74) is 2.62. The molecule has 0 amide bonds. The smallest absolute Gasteiger partial charge is 0.0599 e. The molecule has 0 unspecified atom stereocenters. The zero-order valence-corrected chi connectivity index (χ0v) is 10.1. The van der Waals surface area contributed by atoms with Crippen molar-refractivity contribution in [2.45, 2.75) is 13.5 Å². The number of benzene rings is 1. The molecule has 1 aromatic carbocycles. The van der Waals surface area contributed by atoms with Gasteiger partial charge in [0.1, 0.15) is 0 Å². The van der Waals surface area contributed by atoms with E-state index < -0.39 is 0 Å². The van der Waals surface area contributed by atoms with Gasteiger partial charge in [0.25, 0.3) is 0 Å². The molecule has 2 heteroatoms. The molecule has 0 heterocycles. The number of terminal acetylenes is 1. The molecule has 0 aromatic heterocycles. The molecule has 0 aliphatic rings. The summed E-state index contributed by atoms with van der Waals surface area (Å²) in [7, 11) is 2.03. The number of nitrogens with zero attached hydrogens (tertiary/aromatic N) is 1. The lowest BCUT2D eigenvalue weighted by molar-refractivity contribution is 0.368. The highest BCUT2D eigenvalue weighted by atomic mass is 79.9. The van der Waals surface area contributed by atoms with Gasteiger partial charge in [0.2, 0.25) is 0 Å². The molecule has 1 nitrogen and oxygen atoms in total. The average Bonchev–Trinajstić information content (AvgIpc) is 2.10. The predicted molar refractivity (Wildman–Crippen MR) is 64.0 cm³/mol. The van der Waals surface area contributed by atoms with Gasteiger partial charge in [-0.15, -0.1) is 6.42 Å². The summed E-state index contributed by atoms with van der Waals surface area (Å²) in [6.45, 7) is 3.71. The second-order valence-corrected chi connectivity index (χ2v) is 4.36. The van der Waals surface area contributed by atoms with Crippen molar-refractivity contribution in [3.63, 3.8) is 0 Å². The predicted octanol–water partition coefficient (Wildman–Crippen LogP) is 2.82. The Hall–Kier alpha value is -0.780. The molecule has 14 heavy (non-hydrogen) atoms. The average molecular weight is 252 g/mol. The maximum absolute atomic E-state index is 5.25. The number of rotatable bonds is 3. The van der Waals surface area contributed by atoms with Gasteiger partial charge in [-0.3, -0.25) is 4.90 Å². The monoisotopic (exact) mass is 251 g/mol. The molecule has 0 atom stereocenters. The number of hydrogen-bond acceptors (Lipinski definition) is 1. The highest BCUT2D eigenvalue weighted by molar-refractivity contribution is 9.10. The lowest BCUT2D eigenvalue weighted by atomic mass is 10.1. The number of halogens is 1. The van der Waals surface area contributed by atoms with Crippen LogP contribution in [0.3, 0.4) is 0 Å². The van der Waals surface area contributed by atoms with E-state index in [1.165, 1.54) is 11.1 Å². The zero-order chi connectivity index (χ0) is 10.6. The van der Waals surface area contributed by atoms with E-state index in [9.17, 15) is 0 Å². The lowest BCUT2D eigenvalue weighted by Gasteiger charge is -2.15. The van der Waals surface area contributed by atoms with Crippen molar-refractivity contribution in [3.05, 3.63) is 33.8 Å². The van der Waals surface area contributed by atoms with Crippen molar-refractivity contribution in [1.82, 2.24) is 4.90 Å². The molecule has 0 fully saturated rings. The van der Waals surface area contributed by atoms with Gasteiger partial charge in [-0.25, -0.2) is 0 Å². The summed E-state index contributed by atoms with van der Waals surface area (Å²) >= 11 is 3.45. The van der Waals surface area contributed by atoms with Gasteiger partial charge in [0.15, 0.2) is 0 Å². The van der Waals surface area contributed by atoms with E-state index in [1.807, 2.05) is 7.05 Å². The van der Waals surface area contributed by atoms with E-state index in [-0.39, 0.29) is 0 Å². The van der Waals surface area contributed by atoms with E-state index in [4.69, 9.17) is 6.42 Å². The highest BCUT2D eigenvalue weighted by Crippen LogP contribution is 2.16. The van der Waals surface area contributed by atoms with Crippen LogP contribution in [0.4, 0.5) is 0 Å². The number of hydrogen-bond donors (Lipinski definition) is 0. The molecular formula is C12H14BrN. The summed E-state index contributed by atoms with van der Waals surface area (Å²) in [5.74, 6) is 2.64. The van der Waals surface area contributed by atoms with Crippen LogP contribution in [0.25, 0.3) is 0 Å². The quantitative estimate of drug-likeness (QED) is 0.748. The van der Waals surface area contributed by atoms with Crippen LogP contribution >= 0.6 is 15.9 Å². The Kier molecular flexibility index (Phi) is 4.19. The number of aryl methyl sites for hydroxylation is 1. The molecular weight excluding hydrogens is 238 g/mol. The van der Waals surface area contributed by atoms with Crippen LogP contribution in [-0.2, 0) is 6.54 Å².